The van der Waals surface area contributed by atoms with Crippen LogP contribution >= 0.6 is 11.6 Å². The van der Waals surface area contributed by atoms with Gasteiger partial charge in [-0.05, 0) is 55.7 Å². The van der Waals surface area contributed by atoms with Crippen molar-refractivity contribution in [3.05, 3.63) is 58.1 Å². The molecule has 2 aromatic carbocycles. The third-order valence-corrected chi connectivity index (χ3v) is 4.78. The number of aryl methyl sites for hydroxylation is 1. The number of fused-ring (bicyclic) bond motifs is 1. The summed E-state index contributed by atoms with van der Waals surface area (Å²) >= 11 is 6.15. The van der Waals surface area contributed by atoms with E-state index in [1.54, 1.807) is 24.3 Å². The maximum Gasteiger partial charge on any atom is 0.257 e. The summed E-state index contributed by atoms with van der Waals surface area (Å²) in [5.41, 5.74) is 3.22. The molecule has 0 aliphatic carbocycles. The largest absolute Gasteiger partial charge is 0.325 e. The van der Waals surface area contributed by atoms with E-state index in [-0.39, 0.29) is 11.8 Å². The Morgan fingerprint density at radius 1 is 1.21 bits per heavy atom. The summed E-state index contributed by atoms with van der Waals surface area (Å²) in [4.78, 5) is 24.5. The monoisotopic (exact) mass is 342 g/mol. The summed E-state index contributed by atoms with van der Waals surface area (Å²) < 4.78 is 0. The summed E-state index contributed by atoms with van der Waals surface area (Å²) in [5.74, 6) is -0.307. The Kier molecular flexibility index (Phi) is 4.10. The van der Waals surface area contributed by atoms with E-state index in [4.69, 9.17) is 11.6 Å². The van der Waals surface area contributed by atoms with Gasteiger partial charge in [0.2, 0.25) is 5.91 Å². The van der Waals surface area contributed by atoms with Gasteiger partial charge in [0, 0.05) is 11.4 Å². The predicted molar refractivity (Wildman–Crippen MR) is 96.9 cm³/mol. The molecule has 124 valence electrons. The molecule has 1 aliphatic heterocycles. The fourth-order valence-electron chi connectivity index (χ4n) is 2.84. The van der Waals surface area contributed by atoms with Crippen LogP contribution in [0, 0.1) is 0 Å². The van der Waals surface area contributed by atoms with E-state index < -0.39 is 5.41 Å². The SMILES string of the molecule is CCc1ccc(Cl)c(C(=O)Nc2ccc3c(c2)NC(=O)C3(C)C)c1. The van der Waals surface area contributed by atoms with Crippen LogP contribution < -0.4 is 10.6 Å². The van der Waals surface area contributed by atoms with Crippen LogP contribution in [-0.2, 0) is 16.6 Å². The molecule has 3 rings (SSSR count). The Bertz CT molecular complexity index is 843. The van der Waals surface area contributed by atoms with Gasteiger partial charge in [-0.25, -0.2) is 0 Å². The normalized spacial score (nSPS) is 14.9. The highest BCUT2D eigenvalue weighted by Crippen LogP contribution is 2.38. The van der Waals surface area contributed by atoms with Crippen molar-refractivity contribution in [2.45, 2.75) is 32.6 Å². The minimum Gasteiger partial charge on any atom is -0.325 e. The zero-order chi connectivity index (χ0) is 17.5. The number of benzene rings is 2. The first kappa shape index (κ1) is 16.5. The Morgan fingerprint density at radius 3 is 2.67 bits per heavy atom. The molecular formula is C19H19ClN2O2. The van der Waals surface area contributed by atoms with Crippen molar-refractivity contribution < 1.29 is 9.59 Å². The smallest absolute Gasteiger partial charge is 0.257 e. The number of carbonyl (C=O) groups excluding carboxylic acids is 2. The molecule has 2 aromatic rings. The van der Waals surface area contributed by atoms with Gasteiger partial charge in [0.05, 0.1) is 16.0 Å². The van der Waals surface area contributed by atoms with E-state index >= 15 is 0 Å². The first-order valence-corrected chi connectivity index (χ1v) is 8.26. The fraction of sp³-hybridized carbons (Fsp3) is 0.263. The van der Waals surface area contributed by atoms with E-state index in [1.807, 2.05) is 32.9 Å². The lowest BCUT2D eigenvalue weighted by Gasteiger charge is -2.15. The number of amides is 2. The molecule has 2 N–H and O–H groups in total. The lowest BCUT2D eigenvalue weighted by molar-refractivity contribution is -0.119. The Balaban J connectivity index is 1.87. The lowest BCUT2D eigenvalue weighted by atomic mass is 9.86. The molecule has 0 bridgehead atoms. The molecule has 0 spiro atoms. The molecule has 4 nitrogen and oxygen atoms in total. The number of rotatable bonds is 3. The summed E-state index contributed by atoms with van der Waals surface area (Å²) in [5, 5.41) is 6.12. The van der Waals surface area contributed by atoms with Crippen LogP contribution in [0.1, 0.15) is 42.3 Å². The lowest BCUT2D eigenvalue weighted by Crippen LogP contribution is -2.26. The summed E-state index contributed by atoms with van der Waals surface area (Å²) in [6.07, 6.45) is 0.831. The van der Waals surface area contributed by atoms with Gasteiger partial charge in [0.25, 0.3) is 5.91 Å². The standard InChI is InChI=1S/C19H19ClN2O2/c1-4-11-5-8-15(20)13(9-11)17(23)21-12-6-7-14-16(10-12)22-18(24)19(14,2)3/h5-10H,4H2,1-3H3,(H,21,23)(H,22,24). The van der Waals surface area contributed by atoms with E-state index in [0.29, 0.717) is 16.3 Å². The van der Waals surface area contributed by atoms with Crippen molar-refractivity contribution >= 4 is 34.8 Å². The summed E-state index contributed by atoms with van der Waals surface area (Å²) in [6, 6.07) is 10.9. The zero-order valence-electron chi connectivity index (χ0n) is 13.9. The van der Waals surface area contributed by atoms with Crippen LogP contribution in [0.4, 0.5) is 11.4 Å². The zero-order valence-corrected chi connectivity index (χ0v) is 14.6. The van der Waals surface area contributed by atoms with Crippen molar-refractivity contribution in [1.29, 1.82) is 0 Å². The fourth-order valence-corrected chi connectivity index (χ4v) is 3.04. The van der Waals surface area contributed by atoms with Crippen molar-refractivity contribution in [1.82, 2.24) is 0 Å². The molecule has 1 aliphatic rings. The third kappa shape index (κ3) is 2.78. The van der Waals surface area contributed by atoms with Crippen LogP contribution in [0.25, 0.3) is 0 Å². The average Bonchev–Trinajstić information content (AvgIpc) is 2.77. The van der Waals surface area contributed by atoms with Crippen LogP contribution in [0.15, 0.2) is 36.4 Å². The Morgan fingerprint density at radius 2 is 1.96 bits per heavy atom. The van der Waals surface area contributed by atoms with Crippen molar-refractivity contribution in [3.8, 4) is 0 Å². The molecule has 0 saturated carbocycles. The van der Waals surface area contributed by atoms with Gasteiger partial charge < -0.3 is 10.6 Å². The molecule has 24 heavy (non-hydrogen) atoms. The van der Waals surface area contributed by atoms with Crippen LogP contribution in [-0.4, -0.2) is 11.8 Å². The number of carbonyl (C=O) groups is 2. The summed E-state index contributed by atoms with van der Waals surface area (Å²) in [6.45, 7) is 5.78. The van der Waals surface area contributed by atoms with E-state index in [0.717, 1.165) is 23.2 Å². The van der Waals surface area contributed by atoms with E-state index in [2.05, 4.69) is 10.6 Å². The molecular weight excluding hydrogens is 324 g/mol. The van der Waals surface area contributed by atoms with Crippen LogP contribution in [0.3, 0.4) is 0 Å². The molecule has 0 unspecified atom stereocenters. The second-order valence-corrected chi connectivity index (χ2v) is 6.87. The van der Waals surface area contributed by atoms with Gasteiger partial charge in [0.1, 0.15) is 0 Å². The minimum atomic E-state index is -0.559. The number of anilines is 2. The Hall–Kier alpha value is -2.33. The molecule has 5 heteroatoms. The second-order valence-electron chi connectivity index (χ2n) is 6.46. The van der Waals surface area contributed by atoms with Gasteiger partial charge in [-0.1, -0.05) is 30.7 Å². The first-order valence-electron chi connectivity index (χ1n) is 7.88. The van der Waals surface area contributed by atoms with E-state index in [9.17, 15) is 9.59 Å². The minimum absolute atomic E-state index is 0.0420. The van der Waals surface area contributed by atoms with Crippen molar-refractivity contribution in [3.63, 3.8) is 0 Å². The van der Waals surface area contributed by atoms with Gasteiger partial charge in [0.15, 0.2) is 0 Å². The highest BCUT2D eigenvalue weighted by molar-refractivity contribution is 6.34. The predicted octanol–water partition coefficient (Wildman–Crippen LogP) is 4.38. The third-order valence-electron chi connectivity index (χ3n) is 4.45. The van der Waals surface area contributed by atoms with Gasteiger partial charge >= 0.3 is 0 Å². The van der Waals surface area contributed by atoms with Gasteiger partial charge in [-0.15, -0.1) is 0 Å². The number of halogens is 1. The molecule has 1 heterocycles. The molecule has 0 radical (unpaired) electrons. The maximum absolute atomic E-state index is 12.5. The quantitative estimate of drug-likeness (QED) is 0.869. The first-order chi connectivity index (χ1) is 11.3. The molecule has 2 amide bonds. The topological polar surface area (TPSA) is 58.2 Å². The summed E-state index contributed by atoms with van der Waals surface area (Å²) in [7, 11) is 0. The van der Waals surface area contributed by atoms with Gasteiger partial charge in [-0.3, -0.25) is 9.59 Å². The van der Waals surface area contributed by atoms with Gasteiger partial charge in [-0.2, -0.15) is 0 Å². The van der Waals surface area contributed by atoms with E-state index in [1.165, 1.54) is 0 Å². The molecule has 0 aromatic heterocycles. The Labute approximate surface area is 146 Å². The highest BCUT2D eigenvalue weighted by Gasteiger charge is 2.38. The maximum atomic E-state index is 12.5. The van der Waals surface area contributed by atoms with Crippen LogP contribution in [0.5, 0.6) is 0 Å². The van der Waals surface area contributed by atoms with Crippen LogP contribution in [0.2, 0.25) is 5.02 Å². The number of nitrogens with one attached hydrogen (secondary N) is 2. The van der Waals surface area contributed by atoms with Crippen molar-refractivity contribution in [2.75, 3.05) is 10.6 Å². The number of hydrogen-bond acceptors (Lipinski definition) is 2. The molecule has 0 atom stereocenters. The van der Waals surface area contributed by atoms with Crippen molar-refractivity contribution in [2.24, 2.45) is 0 Å². The highest BCUT2D eigenvalue weighted by atomic mass is 35.5. The molecule has 0 saturated heterocycles. The molecule has 0 fully saturated rings. The average molecular weight is 343 g/mol. The second kappa shape index (κ2) is 5.95. The number of hydrogen-bond donors (Lipinski definition) is 2.